The highest BCUT2D eigenvalue weighted by molar-refractivity contribution is 5.80. The summed E-state index contributed by atoms with van der Waals surface area (Å²) in [5.41, 5.74) is 5.32. The van der Waals surface area contributed by atoms with Crippen molar-refractivity contribution in [2.24, 2.45) is 0 Å². The van der Waals surface area contributed by atoms with E-state index in [-0.39, 0.29) is 0 Å². The van der Waals surface area contributed by atoms with E-state index in [2.05, 4.69) is 96.0 Å². The van der Waals surface area contributed by atoms with Crippen LogP contribution < -0.4 is 0 Å². The van der Waals surface area contributed by atoms with Crippen LogP contribution in [0.1, 0.15) is 29.2 Å². The molecule has 0 aliphatic rings. The number of H-pyrrole nitrogens is 1. The van der Waals surface area contributed by atoms with Gasteiger partial charge in [-0.1, -0.05) is 78.9 Å². The summed E-state index contributed by atoms with van der Waals surface area (Å²) in [5, 5.41) is 1.29. The van der Waals surface area contributed by atoms with Gasteiger partial charge in [-0.3, -0.25) is 0 Å². The van der Waals surface area contributed by atoms with Crippen LogP contribution in [0.2, 0.25) is 0 Å². The van der Waals surface area contributed by atoms with Crippen molar-refractivity contribution in [3.05, 3.63) is 108 Å². The summed E-state index contributed by atoms with van der Waals surface area (Å²) in [7, 11) is 0. The average molecular weight is 311 g/mol. The standard InChI is InChI=1S/C23H21N/c1-3-9-18(10-4-1)22(19-11-5-2-6-12-19)16-15-21-17-20-13-7-8-14-23(20)24-21/h1-14,17,22,24H,15-16H2. The molecule has 3 aromatic carbocycles. The molecule has 0 saturated carbocycles. The molecule has 1 N–H and O–H groups in total. The number of aryl methyl sites for hydroxylation is 1. The predicted molar refractivity (Wildman–Crippen MR) is 101 cm³/mol. The normalized spacial score (nSPS) is 11.2. The third-order valence-corrected chi connectivity index (χ3v) is 4.69. The number of rotatable bonds is 5. The average Bonchev–Trinajstić information content (AvgIpc) is 3.07. The van der Waals surface area contributed by atoms with E-state index < -0.39 is 0 Å². The Balaban J connectivity index is 1.60. The lowest BCUT2D eigenvalue weighted by molar-refractivity contribution is 0.707. The van der Waals surface area contributed by atoms with Gasteiger partial charge in [0, 0.05) is 17.1 Å². The van der Waals surface area contributed by atoms with Crippen LogP contribution in [0.15, 0.2) is 91.0 Å². The van der Waals surface area contributed by atoms with Crippen LogP contribution in [0.4, 0.5) is 0 Å². The van der Waals surface area contributed by atoms with Crippen LogP contribution >= 0.6 is 0 Å². The molecule has 4 aromatic rings. The van der Waals surface area contributed by atoms with E-state index in [1.165, 1.54) is 27.7 Å². The predicted octanol–water partition coefficient (Wildman–Crippen LogP) is 5.93. The van der Waals surface area contributed by atoms with Gasteiger partial charge in [-0.25, -0.2) is 0 Å². The van der Waals surface area contributed by atoms with Crippen molar-refractivity contribution in [1.82, 2.24) is 4.98 Å². The molecule has 0 fully saturated rings. The monoisotopic (exact) mass is 311 g/mol. The lowest BCUT2D eigenvalue weighted by Crippen LogP contribution is -2.03. The molecule has 1 heteroatoms. The van der Waals surface area contributed by atoms with Crippen molar-refractivity contribution in [1.29, 1.82) is 0 Å². The van der Waals surface area contributed by atoms with Gasteiger partial charge in [0.15, 0.2) is 0 Å². The van der Waals surface area contributed by atoms with E-state index in [9.17, 15) is 0 Å². The second-order valence-corrected chi connectivity index (χ2v) is 6.29. The second kappa shape index (κ2) is 6.76. The number of nitrogens with one attached hydrogen (secondary N) is 1. The molecule has 0 saturated heterocycles. The topological polar surface area (TPSA) is 15.8 Å². The van der Waals surface area contributed by atoms with Gasteiger partial charge >= 0.3 is 0 Å². The Bertz CT molecular complexity index is 834. The molecule has 0 bridgehead atoms. The van der Waals surface area contributed by atoms with Gasteiger partial charge < -0.3 is 4.98 Å². The maximum absolute atomic E-state index is 3.55. The van der Waals surface area contributed by atoms with Crippen LogP contribution in [0.3, 0.4) is 0 Å². The maximum Gasteiger partial charge on any atom is 0.0456 e. The molecule has 1 aromatic heterocycles. The lowest BCUT2D eigenvalue weighted by Gasteiger charge is -2.17. The van der Waals surface area contributed by atoms with Crippen molar-refractivity contribution < 1.29 is 0 Å². The first kappa shape index (κ1) is 14.8. The summed E-state index contributed by atoms with van der Waals surface area (Å²) in [5.74, 6) is 0.429. The van der Waals surface area contributed by atoms with Gasteiger partial charge in [-0.2, -0.15) is 0 Å². The molecule has 1 nitrogen and oxygen atoms in total. The Morgan fingerprint density at radius 2 is 1.25 bits per heavy atom. The molecule has 0 aliphatic heterocycles. The number of para-hydroxylation sites is 1. The molecule has 0 amide bonds. The molecule has 1 heterocycles. The molecule has 0 unspecified atom stereocenters. The second-order valence-electron chi connectivity index (χ2n) is 6.29. The minimum atomic E-state index is 0.429. The number of aromatic nitrogens is 1. The quantitative estimate of drug-likeness (QED) is 0.470. The van der Waals surface area contributed by atoms with Crippen LogP contribution in [0.25, 0.3) is 10.9 Å². The molecule has 0 aliphatic carbocycles. The number of fused-ring (bicyclic) bond motifs is 1. The van der Waals surface area contributed by atoms with Gasteiger partial charge in [0.05, 0.1) is 0 Å². The van der Waals surface area contributed by atoms with Crippen molar-refractivity contribution in [2.45, 2.75) is 18.8 Å². The van der Waals surface area contributed by atoms with Gasteiger partial charge in [0.25, 0.3) is 0 Å². The highest BCUT2D eigenvalue weighted by atomic mass is 14.7. The summed E-state index contributed by atoms with van der Waals surface area (Å²) in [6.45, 7) is 0. The van der Waals surface area contributed by atoms with Crippen LogP contribution in [-0.4, -0.2) is 4.98 Å². The molecule has 0 atom stereocenters. The van der Waals surface area contributed by atoms with Gasteiger partial charge in [0.1, 0.15) is 0 Å². The maximum atomic E-state index is 3.55. The van der Waals surface area contributed by atoms with Crippen molar-refractivity contribution >= 4 is 10.9 Å². The fraction of sp³-hybridized carbons (Fsp3) is 0.130. The lowest BCUT2D eigenvalue weighted by atomic mass is 9.87. The molecule has 24 heavy (non-hydrogen) atoms. The van der Waals surface area contributed by atoms with Gasteiger partial charge in [-0.05, 0) is 41.5 Å². The van der Waals surface area contributed by atoms with E-state index in [0.29, 0.717) is 5.92 Å². The number of benzene rings is 3. The summed E-state index contributed by atoms with van der Waals surface area (Å²) in [4.78, 5) is 3.55. The molecule has 4 rings (SSSR count). The molecular weight excluding hydrogens is 290 g/mol. The van der Waals surface area contributed by atoms with E-state index >= 15 is 0 Å². The SMILES string of the molecule is c1ccc(C(CCc2cc3ccccc3[nH]2)c2ccccc2)cc1. The highest BCUT2D eigenvalue weighted by Gasteiger charge is 2.14. The zero-order valence-electron chi connectivity index (χ0n) is 13.7. The Morgan fingerprint density at radius 1 is 0.667 bits per heavy atom. The first-order valence-electron chi connectivity index (χ1n) is 8.57. The van der Waals surface area contributed by atoms with E-state index in [1.807, 2.05) is 0 Å². The summed E-state index contributed by atoms with van der Waals surface area (Å²) in [6, 6.07) is 32.4. The number of hydrogen-bond acceptors (Lipinski definition) is 0. The summed E-state index contributed by atoms with van der Waals surface area (Å²) < 4.78 is 0. The van der Waals surface area contributed by atoms with E-state index in [4.69, 9.17) is 0 Å². The van der Waals surface area contributed by atoms with E-state index in [1.54, 1.807) is 0 Å². The fourth-order valence-corrected chi connectivity index (χ4v) is 3.46. The first-order valence-corrected chi connectivity index (χ1v) is 8.57. The fourth-order valence-electron chi connectivity index (χ4n) is 3.46. The van der Waals surface area contributed by atoms with Crippen molar-refractivity contribution in [2.75, 3.05) is 0 Å². The molecule has 118 valence electrons. The summed E-state index contributed by atoms with van der Waals surface area (Å²) in [6.07, 6.45) is 2.14. The van der Waals surface area contributed by atoms with Crippen LogP contribution in [0, 0.1) is 0 Å². The molecule has 0 radical (unpaired) electrons. The first-order chi connectivity index (χ1) is 11.9. The van der Waals surface area contributed by atoms with Crippen molar-refractivity contribution in [3.63, 3.8) is 0 Å². The smallest absolute Gasteiger partial charge is 0.0456 e. The Morgan fingerprint density at radius 3 is 1.88 bits per heavy atom. The van der Waals surface area contributed by atoms with Crippen LogP contribution in [-0.2, 0) is 6.42 Å². The minimum Gasteiger partial charge on any atom is -0.358 e. The molecule has 0 spiro atoms. The Labute approximate surface area is 143 Å². The highest BCUT2D eigenvalue weighted by Crippen LogP contribution is 2.29. The third-order valence-electron chi connectivity index (χ3n) is 4.69. The minimum absolute atomic E-state index is 0.429. The third kappa shape index (κ3) is 3.11. The summed E-state index contributed by atoms with van der Waals surface area (Å²) >= 11 is 0. The zero-order chi connectivity index (χ0) is 16.2. The van der Waals surface area contributed by atoms with Crippen molar-refractivity contribution in [3.8, 4) is 0 Å². The Hall–Kier alpha value is -2.80. The largest absolute Gasteiger partial charge is 0.358 e. The van der Waals surface area contributed by atoms with Crippen LogP contribution in [0.5, 0.6) is 0 Å². The number of hydrogen-bond donors (Lipinski definition) is 1. The van der Waals surface area contributed by atoms with Gasteiger partial charge in [0.2, 0.25) is 0 Å². The Kier molecular flexibility index (Phi) is 4.16. The zero-order valence-corrected chi connectivity index (χ0v) is 13.7. The number of aromatic amines is 1. The van der Waals surface area contributed by atoms with Gasteiger partial charge in [-0.15, -0.1) is 0 Å². The molecular formula is C23H21N. The van der Waals surface area contributed by atoms with E-state index in [0.717, 1.165) is 12.8 Å².